The van der Waals surface area contributed by atoms with Gasteiger partial charge in [-0.3, -0.25) is 14.4 Å². The lowest BCUT2D eigenvalue weighted by Gasteiger charge is -2.30. The van der Waals surface area contributed by atoms with Crippen molar-refractivity contribution in [1.82, 2.24) is 25.5 Å². The first-order chi connectivity index (χ1) is 17.2. The summed E-state index contributed by atoms with van der Waals surface area (Å²) in [4.78, 5) is 59.2. The largest absolute Gasteiger partial charge is 0.480 e. The standard InChI is InChI=1S/C25H34N6O5/c1-15(2)21(24(34)31-10-6-9-20(31)25(35)36)30-23(33)19(12-17-13-27-14-28-17)29-22(32)18(26)11-16-7-4-3-5-8-16/h3-5,7-8,13-15,18-21H,6,9-12,26H2,1-2H3,(H,27,28)(H,29,32)(H,30,33)(H,35,36). The molecule has 2 heterocycles. The zero-order valence-corrected chi connectivity index (χ0v) is 20.5. The van der Waals surface area contributed by atoms with Crippen LogP contribution in [0.25, 0.3) is 0 Å². The number of carbonyl (C=O) groups is 4. The first-order valence-electron chi connectivity index (χ1n) is 12.1. The van der Waals surface area contributed by atoms with E-state index in [0.717, 1.165) is 5.56 Å². The summed E-state index contributed by atoms with van der Waals surface area (Å²) in [6.07, 6.45) is 4.37. The molecule has 2 aromatic rings. The van der Waals surface area contributed by atoms with Crippen LogP contribution in [0.3, 0.4) is 0 Å². The minimum atomic E-state index is -1.06. The molecular formula is C25H34N6O5. The van der Waals surface area contributed by atoms with Gasteiger partial charge < -0.3 is 31.4 Å². The van der Waals surface area contributed by atoms with E-state index in [-0.39, 0.29) is 12.3 Å². The third-order valence-corrected chi connectivity index (χ3v) is 6.30. The maximum Gasteiger partial charge on any atom is 0.326 e. The Morgan fingerprint density at radius 2 is 1.86 bits per heavy atom. The fourth-order valence-electron chi connectivity index (χ4n) is 4.30. The van der Waals surface area contributed by atoms with Crippen LogP contribution in [0.5, 0.6) is 0 Å². The summed E-state index contributed by atoms with van der Waals surface area (Å²) in [6, 6.07) is 5.54. The second-order valence-electron chi connectivity index (χ2n) is 9.40. The molecule has 4 atom stereocenters. The van der Waals surface area contributed by atoms with Crippen molar-refractivity contribution in [3.63, 3.8) is 0 Å². The van der Waals surface area contributed by atoms with Gasteiger partial charge in [0.05, 0.1) is 12.4 Å². The Bertz CT molecular complexity index is 1040. The van der Waals surface area contributed by atoms with Crippen LogP contribution in [0.1, 0.15) is 37.9 Å². The highest BCUT2D eigenvalue weighted by molar-refractivity contribution is 5.94. The molecule has 6 N–H and O–H groups in total. The third-order valence-electron chi connectivity index (χ3n) is 6.30. The molecule has 1 saturated heterocycles. The number of carboxylic acids is 1. The summed E-state index contributed by atoms with van der Waals surface area (Å²) in [5.41, 5.74) is 7.62. The van der Waals surface area contributed by atoms with Crippen LogP contribution >= 0.6 is 0 Å². The first-order valence-corrected chi connectivity index (χ1v) is 12.1. The van der Waals surface area contributed by atoms with Gasteiger partial charge in [-0.1, -0.05) is 44.2 Å². The molecule has 11 heteroatoms. The smallest absolute Gasteiger partial charge is 0.326 e. The number of rotatable bonds is 11. The lowest BCUT2D eigenvalue weighted by atomic mass is 10.0. The molecule has 3 amide bonds. The van der Waals surface area contributed by atoms with Gasteiger partial charge in [0.2, 0.25) is 17.7 Å². The number of carbonyl (C=O) groups excluding carboxylic acids is 3. The molecule has 1 aliphatic heterocycles. The van der Waals surface area contributed by atoms with Crippen LogP contribution in [0.4, 0.5) is 0 Å². The third kappa shape index (κ3) is 6.91. The predicted molar refractivity (Wildman–Crippen MR) is 131 cm³/mol. The second-order valence-corrected chi connectivity index (χ2v) is 9.40. The number of aliphatic carboxylic acids is 1. The molecule has 11 nitrogen and oxygen atoms in total. The summed E-state index contributed by atoms with van der Waals surface area (Å²) >= 11 is 0. The van der Waals surface area contributed by atoms with Gasteiger partial charge in [0.25, 0.3) is 0 Å². The average Bonchev–Trinajstić information content (AvgIpc) is 3.54. The number of imidazole rings is 1. The van der Waals surface area contributed by atoms with Crippen molar-refractivity contribution in [3.05, 3.63) is 54.1 Å². The number of amides is 3. The molecule has 36 heavy (non-hydrogen) atoms. The predicted octanol–water partition coefficient (Wildman–Crippen LogP) is 0.223. The maximum atomic E-state index is 13.3. The van der Waals surface area contributed by atoms with E-state index in [1.807, 2.05) is 30.3 Å². The highest BCUT2D eigenvalue weighted by atomic mass is 16.4. The zero-order chi connectivity index (χ0) is 26.2. The molecule has 1 aromatic heterocycles. The van der Waals surface area contributed by atoms with Crippen LogP contribution in [-0.4, -0.2) is 74.4 Å². The lowest BCUT2D eigenvalue weighted by Crippen LogP contribution is -2.59. The molecule has 0 saturated carbocycles. The molecule has 0 aliphatic carbocycles. The number of likely N-dealkylation sites (tertiary alicyclic amines) is 1. The van der Waals surface area contributed by atoms with Crippen LogP contribution in [0, 0.1) is 5.92 Å². The molecule has 1 fully saturated rings. The zero-order valence-electron chi connectivity index (χ0n) is 20.5. The van der Waals surface area contributed by atoms with Gasteiger partial charge in [-0.2, -0.15) is 0 Å². The summed E-state index contributed by atoms with van der Waals surface area (Å²) in [6.45, 7) is 3.86. The quantitative estimate of drug-likeness (QED) is 0.295. The van der Waals surface area contributed by atoms with Gasteiger partial charge in [-0.25, -0.2) is 9.78 Å². The lowest BCUT2D eigenvalue weighted by molar-refractivity contribution is -0.150. The number of hydrogen-bond acceptors (Lipinski definition) is 6. The number of benzene rings is 1. The highest BCUT2D eigenvalue weighted by Crippen LogP contribution is 2.20. The van der Waals surface area contributed by atoms with Crippen molar-refractivity contribution in [2.75, 3.05) is 6.54 Å². The summed E-state index contributed by atoms with van der Waals surface area (Å²) in [5.74, 6) is -2.89. The molecule has 3 rings (SSSR count). The number of nitrogens with two attached hydrogens (primary N) is 1. The number of nitrogens with one attached hydrogen (secondary N) is 3. The van der Waals surface area contributed by atoms with Crippen molar-refractivity contribution < 1.29 is 24.3 Å². The monoisotopic (exact) mass is 498 g/mol. The van der Waals surface area contributed by atoms with Crippen LogP contribution < -0.4 is 16.4 Å². The molecular weight excluding hydrogens is 464 g/mol. The van der Waals surface area contributed by atoms with E-state index in [9.17, 15) is 24.3 Å². The van der Waals surface area contributed by atoms with Crippen molar-refractivity contribution in [2.45, 2.75) is 63.7 Å². The Kier molecular flexibility index (Phi) is 9.18. The molecule has 0 radical (unpaired) electrons. The fraction of sp³-hybridized carbons (Fsp3) is 0.480. The number of aromatic nitrogens is 2. The van der Waals surface area contributed by atoms with Gasteiger partial charge in [-0.15, -0.1) is 0 Å². The Morgan fingerprint density at radius 3 is 2.47 bits per heavy atom. The van der Waals surface area contributed by atoms with Crippen molar-refractivity contribution in [2.24, 2.45) is 11.7 Å². The Labute approximate surface area is 209 Å². The van der Waals surface area contributed by atoms with E-state index in [4.69, 9.17) is 5.73 Å². The number of carboxylic acid groups (broad SMARTS) is 1. The van der Waals surface area contributed by atoms with Crippen molar-refractivity contribution in [3.8, 4) is 0 Å². The molecule has 0 spiro atoms. The average molecular weight is 499 g/mol. The normalized spacial score (nSPS) is 17.9. The van der Waals surface area contributed by atoms with Gasteiger partial charge in [0.15, 0.2) is 0 Å². The van der Waals surface area contributed by atoms with Crippen LogP contribution in [0.15, 0.2) is 42.9 Å². The Morgan fingerprint density at radius 1 is 1.14 bits per heavy atom. The van der Waals surface area contributed by atoms with E-state index >= 15 is 0 Å². The van der Waals surface area contributed by atoms with E-state index in [1.54, 1.807) is 20.0 Å². The van der Waals surface area contributed by atoms with Crippen molar-refractivity contribution >= 4 is 23.7 Å². The first kappa shape index (κ1) is 26.9. The highest BCUT2D eigenvalue weighted by Gasteiger charge is 2.39. The van der Waals surface area contributed by atoms with Gasteiger partial charge >= 0.3 is 5.97 Å². The van der Waals surface area contributed by atoms with E-state index < -0.39 is 47.9 Å². The Hall–Kier alpha value is -3.73. The SMILES string of the molecule is CC(C)C(NC(=O)C(Cc1cnc[nH]1)NC(=O)C(N)Cc1ccccc1)C(=O)N1CCCC1C(=O)O. The molecule has 194 valence electrons. The van der Waals surface area contributed by atoms with E-state index in [2.05, 4.69) is 20.6 Å². The maximum absolute atomic E-state index is 13.3. The van der Waals surface area contributed by atoms with E-state index in [1.165, 1.54) is 11.2 Å². The van der Waals surface area contributed by atoms with Gasteiger partial charge in [-0.05, 0) is 30.7 Å². The second kappa shape index (κ2) is 12.3. The van der Waals surface area contributed by atoms with Crippen molar-refractivity contribution in [1.29, 1.82) is 0 Å². The summed E-state index contributed by atoms with van der Waals surface area (Å²) in [7, 11) is 0. The summed E-state index contributed by atoms with van der Waals surface area (Å²) < 4.78 is 0. The van der Waals surface area contributed by atoms with Crippen LogP contribution in [0.2, 0.25) is 0 Å². The van der Waals surface area contributed by atoms with Crippen LogP contribution in [-0.2, 0) is 32.0 Å². The number of aromatic amines is 1. The molecule has 1 aromatic carbocycles. The number of nitrogens with zero attached hydrogens (tertiary/aromatic N) is 2. The number of hydrogen-bond donors (Lipinski definition) is 5. The summed E-state index contributed by atoms with van der Waals surface area (Å²) in [5, 5.41) is 14.9. The Balaban J connectivity index is 1.73. The van der Waals surface area contributed by atoms with Gasteiger partial charge in [0.1, 0.15) is 18.1 Å². The minimum Gasteiger partial charge on any atom is -0.480 e. The topological polar surface area (TPSA) is 171 Å². The molecule has 1 aliphatic rings. The van der Waals surface area contributed by atoms with E-state index in [0.29, 0.717) is 31.5 Å². The molecule has 4 unspecified atom stereocenters. The number of H-pyrrole nitrogens is 1. The van der Waals surface area contributed by atoms with Gasteiger partial charge in [0, 0.05) is 24.9 Å². The fourth-order valence-corrected chi connectivity index (χ4v) is 4.30. The molecule has 0 bridgehead atoms. The minimum absolute atomic E-state index is 0.107.